The molecule has 5 nitrogen and oxygen atoms in total. The molecule has 1 aromatic carbocycles. The number of nitrogens with zero attached hydrogens (tertiary/aromatic N) is 2. The Kier molecular flexibility index (Phi) is 5.22. The molecule has 2 heterocycles. The van der Waals surface area contributed by atoms with Gasteiger partial charge in [0.15, 0.2) is 0 Å². The van der Waals surface area contributed by atoms with Crippen molar-refractivity contribution in [1.82, 2.24) is 10.3 Å². The van der Waals surface area contributed by atoms with Crippen LogP contribution in [0.15, 0.2) is 36.5 Å². The first-order valence-corrected chi connectivity index (χ1v) is 8.81. The van der Waals surface area contributed by atoms with E-state index in [0.717, 1.165) is 30.4 Å². The molecule has 1 aromatic heterocycles. The lowest BCUT2D eigenvalue weighted by Crippen LogP contribution is -2.33. The number of pyridine rings is 1. The molecule has 5 heteroatoms. The second kappa shape index (κ2) is 7.55. The average molecular weight is 339 g/mol. The van der Waals surface area contributed by atoms with Crippen LogP contribution in [0.3, 0.4) is 0 Å². The van der Waals surface area contributed by atoms with Crippen molar-refractivity contribution in [3.05, 3.63) is 53.2 Å². The number of phenolic OH excluding ortho intramolecular Hbond substituents is 1. The Morgan fingerprint density at radius 1 is 1.28 bits per heavy atom. The maximum absolute atomic E-state index is 12.2. The number of amides is 1. The summed E-state index contributed by atoms with van der Waals surface area (Å²) in [6.45, 7) is 6.56. The Balaban J connectivity index is 1.58. The molecular weight excluding hydrogens is 314 g/mol. The van der Waals surface area contributed by atoms with E-state index in [1.54, 1.807) is 25.1 Å². The molecule has 0 spiro atoms. The Hall–Kier alpha value is -2.56. The maximum atomic E-state index is 12.2. The molecule has 132 valence electrons. The molecule has 0 atom stereocenters. The van der Waals surface area contributed by atoms with E-state index in [0.29, 0.717) is 17.7 Å². The smallest absolute Gasteiger partial charge is 0.255 e. The van der Waals surface area contributed by atoms with E-state index in [-0.39, 0.29) is 11.7 Å². The van der Waals surface area contributed by atoms with E-state index in [9.17, 15) is 9.90 Å². The summed E-state index contributed by atoms with van der Waals surface area (Å²) in [5.74, 6) is 1.55. The number of aryl methyl sites for hydroxylation is 1. The summed E-state index contributed by atoms with van der Waals surface area (Å²) in [7, 11) is 0. The zero-order valence-electron chi connectivity index (χ0n) is 14.8. The molecule has 1 saturated heterocycles. The minimum atomic E-state index is -0.282. The Bertz CT molecular complexity index is 735. The minimum absolute atomic E-state index is 0.0350. The van der Waals surface area contributed by atoms with Crippen LogP contribution in [-0.2, 0) is 6.54 Å². The lowest BCUT2D eigenvalue weighted by molar-refractivity contribution is 0.0948. The number of piperidine rings is 1. The van der Waals surface area contributed by atoms with E-state index in [1.807, 2.05) is 18.3 Å². The second-order valence-corrected chi connectivity index (χ2v) is 6.85. The molecule has 25 heavy (non-hydrogen) atoms. The van der Waals surface area contributed by atoms with Crippen LogP contribution < -0.4 is 10.2 Å². The van der Waals surface area contributed by atoms with Crippen molar-refractivity contribution < 1.29 is 9.90 Å². The highest BCUT2D eigenvalue weighted by Crippen LogP contribution is 2.22. The van der Waals surface area contributed by atoms with Gasteiger partial charge in [-0.3, -0.25) is 4.79 Å². The van der Waals surface area contributed by atoms with Crippen LogP contribution in [0, 0.1) is 12.8 Å². The molecule has 3 rings (SSSR count). The molecule has 1 amide bonds. The molecule has 0 saturated carbocycles. The fraction of sp³-hybridized carbons (Fsp3) is 0.400. The molecule has 1 aliphatic rings. The quantitative estimate of drug-likeness (QED) is 0.897. The Morgan fingerprint density at radius 3 is 2.72 bits per heavy atom. The number of para-hydroxylation sites is 1. The minimum Gasteiger partial charge on any atom is -0.507 e. The third-order valence-corrected chi connectivity index (χ3v) is 4.85. The molecular formula is C20H25N3O2. The number of aromatic hydroxyl groups is 1. The molecule has 1 fully saturated rings. The van der Waals surface area contributed by atoms with Gasteiger partial charge in [-0.25, -0.2) is 4.98 Å². The van der Waals surface area contributed by atoms with Crippen molar-refractivity contribution in [3.8, 4) is 5.75 Å². The first-order chi connectivity index (χ1) is 12.0. The van der Waals surface area contributed by atoms with E-state index in [1.165, 1.54) is 12.8 Å². The number of hydrogen-bond donors (Lipinski definition) is 2. The van der Waals surface area contributed by atoms with Crippen LogP contribution in [0.4, 0.5) is 5.82 Å². The van der Waals surface area contributed by atoms with Gasteiger partial charge in [0, 0.05) is 25.8 Å². The summed E-state index contributed by atoms with van der Waals surface area (Å²) in [5, 5.41) is 12.8. The third-order valence-electron chi connectivity index (χ3n) is 4.85. The first-order valence-electron chi connectivity index (χ1n) is 8.81. The average Bonchev–Trinajstić information content (AvgIpc) is 2.63. The highest BCUT2D eigenvalue weighted by Gasteiger charge is 2.17. The molecule has 0 radical (unpaired) electrons. The van der Waals surface area contributed by atoms with E-state index < -0.39 is 0 Å². The maximum Gasteiger partial charge on any atom is 0.255 e. The second-order valence-electron chi connectivity index (χ2n) is 6.85. The normalized spacial score (nSPS) is 15.2. The largest absolute Gasteiger partial charge is 0.507 e. The number of aromatic nitrogens is 1. The lowest BCUT2D eigenvalue weighted by atomic mass is 9.99. The Morgan fingerprint density at radius 2 is 2.04 bits per heavy atom. The fourth-order valence-electron chi connectivity index (χ4n) is 3.07. The van der Waals surface area contributed by atoms with Gasteiger partial charge in [-0.15, -0.1) is 0 Å². The molecule has 2 aromatic rings. The molecule has 2 N–H and O–H groups in total. The fourth-order valence-corrected chi connectivity index (χ4v) is 3.07. The van der Waals surface area contributed by atoms with Crippen molar-refractivity contribution >= 4 is 11.7 Å². The standard InChI is InChI=1S/C20H25N3O2/c1-14-8-10-23(11-9-14)18-7-6-16(12-21-18)13-22-20(25)17-5-3-4-15(2)19(17)24/h3-7,12,14,24H,8-11,13H2,1-2H3,(H,22,25). The summed E-state index contributed by atoms with van der Waals surface area (Å²) < 4.78 is 0. The van der Waals surface area contributed by atoms with Crippen LogP contribution in [0.1, 0.15) is 41.3 Å². The number of benzene rings is 1. The Labute approximate surface area is 148 Å². The summed E-state index contributed by atoms with van der Waals surface area (Å²) in [4.78, 5) is 19.1. The number of phenols is 1. The van der Waals surface area contributed by atoms with Crippen LogP contribution in [0.5, 0.6) is 5.75 Å². The van der Waals surface area contributed by atoms with E-state index >= 15 is 0 Å². The molecule has 0 aliphatic carbocycles. The highest BCUT2D eigenvalue weighted by molar-refractivity contribution is 5.97. The van der Waals surface area contributed by atoms with Crippen LogP contribution in [-0.4, -0.2) is 29.1 Å². The van der Waals surface area contributed by atoms with Crippen molar-refractivity contribution in [3.63, 3.8) is 0 Å². The van der Waals surface area contributed by atoms with Gasteiger partial charge < -0.3 is 15.3 Å². The predicted octanol–water partition coefficient (Wildman–Crippen LogP) is 3.26. The lowest BCUT2D eigenvalue weighted by Gasteiger charge is -2.31. The van der Waals surface area contributed by atoms with Gasteiger partial charge in [0.25, 0.3) is 5.91 Å². The van der Waals surface area contributed by atoms with Gasteiger partial charge in [0.05, 0.1) is 5.56 Å². The topological polar surface area (TPSA) is 65.5 Å². The van der Waals surface area contributed by atoms with Crippen molar-refractivity contribution in [2.24, 2.45) is 5.92 Å². The van der Waals surface area contributed by atoms with Crippen LogP contribution in [0.25, 0.3) is 0 Å². The van der Waals surface area contributed by atoms with Crippen molar-refractivity contribution in [2.75, 3.05) is 18.0 Å². The number of anilines is 1. The summed E-state index contributed by atoms with van der Waals surface area (Å²) in [6, 6.07) is 9.17. The van der Waals surface area contributed by atoms with E-state index in [2.05, 4.69) is 22.1 Å². The van der Waals surface area contributed by atoms with Crippen LogP contribution >= 0.6 is 0 Å². The van der Waals surface area contributed by atoms with Crippen molar-refractivity contribution in [2.45, 2.75) is 33.2 Å². The van der Waals surface area contributed by atoms with Gasteiger partial charge in [0.2, 0.25) is 0 Å². The number of hydrogen-bond acceptors (Lipinski definition) is 4. The monoisotopic (exact) mass is 339 g/mol. The number of carbonyl (C=O) groups is 1. The summed E-state index contributed by atoms with van der Waals surface area (Å²) in [6.07, 6.45) is 4.22. The molecule has 1 aliphatic heterocycles. The highest BCUT2D eigenvalue weighted by atomic mass is 16.3. The number of rotatable bonds is 4. The van der Waals surface area contributed by atoms with Gasteiger partial charge in [0.1, 0.15) is 11.6 Å². The van der Waals surface area contributed by atoms with Gasteiger partial charge in [-0.2, -0.15) is 0 Å². The zero-order chi connectivity index (χ0) is 17.8. The SMILES string of the molecule is Cc1cccc(C(=O)NCc2ccc(N3CCC(C)CC3)nc2)c1O. The predicted molar refractivity (Wildman–Crippen MR) is 98.9 cm³/mol. The van der Waals surface area contributed by atoms with Gasteiger partial charge in [-0.05, 0) is 48.9 Å². The third kappa shape index (κ3) is 4.10. The van der Waals surface area contributed by atoms with Crippen molar-refractivity contribution in [1.29, 1.82) is 0 Å². The van der Waals surface area contributed by atoms with Gasteiger partial charge >= 0.3 is 0 Å². The van der Waals surface area contributed by atoms with E-state index in [4.69, 9.17) is 0 Å². The number of nitrogens with one attached hydrogen (secondary N) is 1. The number of carbonyl (C=O) groups excluding carboxylic acids is 1. The first kappa shape index (κ1) is 17.3. The molecule has 0 bridgehead atoms. The summed E-state index contributed by atoms with van der Waals surface area (Å²) >= 11 is 0. The zero-order valence-corrected chi connectivity index (χ0v) is 14.8. The molecule has 0 unspecified atom stereocenters. The summed E-state index contributed by atoms with van der Waals surface area (Å²) in [5.41, 5.74) is 1.93. The van der Waals surface area contributed by atoms with Gasteiger partial charge in [-0.1, -0.05) is 25.1 Å². The van der Waals surface area contributed by atoms with Crippen LogP contribution in [0.2, 0.25) is 0 Å².